The lowest BCUT2D eigenvalue weighted by atomic mass is 10.2. The summed E-state index contributed by atoms with van der Waals surface area (Å²) in [7, 11) is 0. The van der Waals surface area contributed by atoms with E-state index in [0.29, 0.717) is 18.1 Å². The van der Waals surface area contributed by atoms with Crippen molar-refractivity contribution in [3.8, 4) is 11.5 Å². The summed E-state index contributed by atoms with van der Waals surface area (Å²) in [5.74, 6) is 0.123. The zero-order valence-corrected chi connectivity index (χ0v) is 13.2. The molecule has 0 fully saturated rings. The van der Waals surface area contributed by atoms with Crippen LogP contribution in [-0.2, 0) is 13.0 Å². The third kappa shape index (κ3) is 2.46. The zero-order chi connectivity index (χ0) is 16.5. The van der Waals surface area contributed by atoms with E-state index in [1.807, 2.05) is 35.2 Å². The van der Waals surface area contributed by atoms with Crippen LogP contribution >= 0.6 is 0 Å². The second-order valence-electron chi connectivity index (χ2n) is 5.51. The van der Waals surface area contributed by atoms with Gasteiger partial charge in [-0.05, 0) is 30.7 Å². The molecule has 4 aromatic rings. The molecule has 5 nitrogen and oxygen atoms in total. The molecular formula is C18H16FN5. The lowest BCUT2D eigenvalue weighted by molar-refractivity contribution is 0.584. The highest BCUT2D eigenvalue weighted by Crippen LogP contribution is 2.19. The van der Waals surface area contributed by atoms with E-state index in [9.17, 15) is 4.39 Å². The van der Waals surface area contributed by atoms with Crippen LogP contribution < -0.4 is 0 Å². The zero-order valence-electron chi connectivity index (χ0n) is 13.2. The molecule has 4 aromatic heterocycles. The van der Waals surface area contributed by atoms with Gasteiger partial charge in [0.2, 0.25) is 5.95 Å². The van der Waals surface area contributed by atoms with Gasteiger partial charge in [0.1, 0.15) is 11.3 Å². The number of rotatable bonds is 4. The first-order valence-corrected chi connectivity index (χ1v) is 7.85. The van der Waals surface area contributed by atoms with Crippen LogP contribution in [0.25, 0.3) is 17.2 Å². The molecule has 0 amide bonds. The molecular weight excluding hydrogens is 305 g/mol. The Hall–Kier alpha value is -3.02. The molecule has 4 heterocycles. The molecule has 0 radical (unpaired) electrons. The number of fused-ring (bicyclic) bond motifs is 1. The van der Waals surface area contributed by atoms with Gasteiger partial charge < -0.3 is 8.97 Å². The highest BCUT2D eigenvalue weighted by molar-refractivity contribution is 5.50. The van der Waals surface area contributed by atoms with Crippen LogP contribution in [0.5, 0.6) is 0 Å². The molecule has 24 heavy (non-hydrogen) atoms. The summed E-state index contributed by atoms with van der Waals surface area (Å²) in [6.07, 6.45) is 6.46. The Morgan fingerprint density at radius 2 is 1.96 bits per heavy atom. The molecule has 0 N–H and O–H groups in total. The minimum absolute atomic E-state index is 0.510. The maximum absolute atomic E-state index is 13.4. The lowest BCUT2D eigenvalue weighted by Gasteiger charge is -2.07. The van der Waals surface area contributed by atoms with Gasteiger partial charge in [-0.15, -0.1) is 0 Å². The van der Waals surface area contributed by atoms with Gasteiger partial charge in [0.25, 0.3) is 0 Å². The summed E-state index contributed by atoms with van der Waals surface area (Å²) in [6.45, 7) is 2.68. The summed E-state index contributed by atoms with van der Waals surface area (Å²) in [5.41, 5.74) is 3.59. The van der Waals surface area contributed by atoms with E-state index < -0.39 is 5.95 Å². The molecule has 120 valence electrons. The summed E-state index contributed by atoms with van der Waals surface area (Å²) in [6, 6.07) is 10.7. The fraction of sp³-hybridized carbons (Fsp3) is 0.167. The van der Waals surface area contributed by atoms with Crippen LogP contribution in [0.4, 0.5) is 4.39 Å². The standard InChI is InChI=1S/C18H16FN5/c1-2-15-14(22-17-8-3-4-10-24(15)17)12-23-11-9-20-18(23)13-6-5-7-16(19)21-13/h3-11H,2,12H2,1H3. The molecule has 0 bridgehead atoms. The summed E-state index contributed by atoms with van der Waals surface area (Å²) < 4.78 is 17.5. The molecule has 0 spiro atoms. The SMILES string of the molecule is CCc1c(Cn2ccnc2-c2cccc(F)n2)nc2ccccn12. The van der Waals surface area contributed by atoms with E-state index in [0.717, 1.165) is 23.5 Å². The quantitative estimate of drug-likeness (QED) is 0.542. The van der Waals surface area contributed by atoms with Crippen molar-refractivity contribution < 1.29 is 4.39 Å². The Balaban J connectivity index is 1.76. The Kier molecular flexibility index (Phi) is 3.57. The maximum atomic E-state index is 13.4. The molecule has 0 saturated carbocycles. The fourth-order valence-corrected chi connectivity index (χ4v) is 2.96. The second kappa shape index (κ2) is 5.88. The van der Waals surface area contributed by atoms with Crippen molar-refractivity contribution in [2.45, 2.75) is 19.9 Å². The smallest absolute Gasteiger partial charge is 0.213 e. The third-order valence-corrected chi connectivity index (χ3v) is 4.03. The Morgan fingerprint density at radius 3 is 2.79 bits per heavy atom. The first kappa shape index (κ1) is 14.6. The number of hydrogen-bond acceptors (Lipinski definition) is 3. The lowest BCUT2D eigenvalue weighted by Crippen LogP contribution is -2.05. The Bertz CT molecular complexity index is 1000. The van der Waals surface area contributed by atoms with Crippen LogP contribution in [-0.4, -0.2) is 23.9 Å². The van der Waals surface area contributed by atoms with Gasteiger partial charge in [0.05, 0.1) is 12.2 Å². The van der Waals surface area contributed by atoms with Crippen molar-refractivity contribution in [1.29, 1.82) is 0 Å². The van der Waals surface area contributed by atoms with Crippen molar-refractivity contribution >= 4 is 5.65 Å². The second-order valence-corrected chi connectivity index (χ2v) is 5.51. The van der Waals surface area contributed by atoms with Gasteiger partial charge in [0.15, 0.2) is 5.82 Å². The van der Waals surface area contributed by atoms with Crippen LogP contribution in [0.15, 0.2) is 55.0 Å². The number of halogens is 1. The van der Waals surface area contributed by atoms with Gasteiger partial charge in [-0.25, -0.2) is 15.0 Å². The minimum atomic E-state index is -0.510. The monoisotopic (exact) mass is 321 g/mol. The predicted octanol–water partition coefficient (Wildman–Crippen LogP) is 3.34. The molecule has 0 unspecified atom stereocenters. The van der Waals surface area contributed by atoms with E-state index >= 15 is 0 Å². The number of aromatic nitrogens is 5. The third-order valence-electron chi connectivity index (χ3n) is 4.03. The first-order chi connectivity index (χ1) is 11.8. The van der Waals surface area contributed by atoms with Crippen LogP contribution in [0.3, 0.4) is 0 Å². The molecule has 0 aromatic carbocycles. The van der Waals surface area contributed by atoms with Crippen molar-refractivity contribution in [3.63, 3.8) is 0 Å². The molecule has 6 heteroatoms. The number of nitrogens with zero attached hydrogens (tertiary/aromatic N) is 5. The summed E-state index contributed by atoms with van der Waals surface area (Å²) >= 11 is 0. The van der Waals surface area contributed by atoms with E-state index in [4.69, 9.17) is 4.98 Å². The molecule has 4 rings (SSSR count). The van der Waals surface area contributed by atoms with Crippen molar-refractivity contribution in [2.24, 2.45) is 0 Å². The topological polar surface area (TPSA) is 48.0 Å². The van der Waals surface area contributed by atoms with Crippen LogP contribution in [0, 0.1) is 5.95 Å². The van der Waals surface area contributed by atoms with Crippen LogP contribution in [0.1, 0.15) is 18.3 Å². The molecule has 0 saturated heterocycles. The van der Waals surface area contributed by atoms with Gasteiger partial charge >= 0.3 is 0 Å². The minimum Gasteiger partial charge on any atom is -0.324 e. The Labute approximate surface area is 138 Å². The Morgan fingerprint density at radius 1 is 1.04 bits per heavy atom. The summed E-state index contributed by atoms with van der Waals surface area (Å²) in [5, 5.41) is 0. The molecule has 0 aliphatic heterocycles. The molecule has 0 aliphatic carbocycles. The number of imidazole rings is 2. The van der Waals surface area contributed by atoms with E-state index in [1.165, 1.54) is 6.07 Å². The number of aryl methyl sites for hydroxylation is 1. The first-order valence-electron chi connectivity index (χ1n) is 7.85. The van der Waals surface area contributed by atoms with Crippen molar-refractivity contribution in [1.82, 2.24) is 23.9 Å². The fourth-order valence-electron chi connectivity index (χ4n) is 2.96. The van der Waals surface area contributed by atoms with E-state index in [1.54, 1.807) is 18.3 Å². The van der Waals surface area contributed by atoms with Gasteiger partial charge in [-0.1, -0.05) is 19.1 Å². The van der Waals surface area contributed by atoms with Gasteiger partial charge in [-0.2, -0.15) is 4.39 Å². The predicted molar refractivity (Wildman–Crippen MR) is 89.1 cm³/mol. The molecule has 0 aliphatic rings. The van der Waals surface area contributed by atoms with E-state index in [2.05, 4.69) is 21.3 Å². The van der Waals surface area contributed by atoms with Crippen molar-refractivity contribution in [2.75, 3.05) is 0 Å². The average Bonchev–Trinajstić information content (AvgIpc) is 3.19. The summed E-state index contributed by atoms with van der Waals surface area (Å²) in [4.78, 5) is 13.0. The number of hydrogen-bond donors (Lipinski definition) is 0. The van der Waals surface area contributed by atoms with Gasteiger partial charge in [0, 0.05) is 24.3 Å². The average molecular weight is 321 g/mol. The van der Waals surface area contributed by atoms with Gasteiger partial charge in [-0.3, -0.25) is 0 Å². The van der Waals surface area contributed by atoms with Crippen LogP contribution in [0.2, 0.25) is 0 Å². The largest absolute Gasteiger partial charge is 0.324 e. The number of pyridine rings is 2. The highest BCUT2D eigenvalue weighted by Gasteiger charge is 2.14. The normalized spacial score (nSPS) is 11.2. The van der Waals surface area contributed by atoms with Crippen molar-refractivity contribution in [3.05, 3.63) is 72.3 Å². The molecule has 0 atom stereocenters. The maximum Gasteiger partial charge on any atom is 0.213 e. The highest BCUT2D eigenvalue weighted by atomic mass is 19.1. The van der Waals surface area contributed by atoms with E-state index in [-0.39, 0.29) is 0 Å².